The predicted molar refractivity (Wildman–Crippen MR) is 78.1 cm³/mol. The van der Waals surface area contributed by atoms with E-state index in [9.17, 15) is 0 Å². The largest absolute Gasteiger partial charge is 0.384 e. The Labute approximate surface area is 109 Å². The van der Waals surface area contributed by atoms with E-state index < -0.39 is 8.07 Å². The van der Waals surface area contributed by atoms with Crippen molar-refractivity contribution in [2.45, 2.75) is 12.5 Å². The quantitative estimate of drug-likeness (QED) is 0.747. The van der Waals surface area contributed by atoms with E-state index in [1.807, 2.05) is 0 Å². The van der Waals surface area contributed by atoms with Crippen molar-refractivity contribution in [2.24, 2.45) is 0 Å². The standard InChI is InChI=1S/C16H18OSi/c1-3-8-15(9-4-1)18(13-7-12-17-14-18)16-10-5-2-6-11-16/h1-6,8-11H,7,12-14H2. The molecule has 0 radical (unpaired) electrons. The van der Waals surface area contributed by atoms with Crippen LogP contribution in [0.1, 0.15) is 6.42 Å². The van der Waals surface area contributed by atoms with E-state index in [1.165, 1.54) is 22.8 Å². The van der Waals surface area contributed by atoms with Gasteiger partial charge in [-0.25, -0.2) is 0 Å². The van der Waals surface area contributed by atoms with Crippen molar-refractivity contribution in [2.75, 3.05) is 12.8 Å². The first-order chi connectivity index (χ1) is 8.92. The first kappa shape index (κ1) is 11.7. The fourth-order valence-electron chi connectivity index (χ4n) is 2.93. The molecule has 2 aromatic rings. The Balaban J connectivity index is 2.10. The molecule has 1 aliphatic rings. The first-order valence-electron chi connectivity index (χ1n) is 6.61. The van der Waals surface area contributed by atoms with Crippen LogP contribution in [-0.2, 0) is 4.74 Å². The highest BCUT2D eigenvalue weighted by Crippen LogP contribution is 2.18. The van der Waals surface area contributed by atoms with Crippen LogP contribution < -0.4 is 10.4 Å². The van der Waals surface area contributed by atoms with Crippen molar-refractivity contribution in [1.82, 2.24) is 0 Å². The molecule has 92 valence electrons. The molecular weight excluding hydrogens is 236 g/mol. The highest BCUT2D eigenvalue weighted by Gasteiger charge is 2.39. The van der Waals surface area contributed by atoms with Crippen LogP contribution in [0.25, 0.3) is 0 Å². The smallest absolute Gasteiger partial charge is 0.145 e. The molecule has 0 unspecified atom stereocenters. The summed E-state index contributed by atoms with van der Waals surface area (Å²) in [5, 5.41) is 3.02. The van der Waals surface area contributed by atoms with Crippen molar-refractivity contribution in [3.05, 3.63) is 60.7 Å². The van der Waals surface area contributed by atoms with Gasteiger partial charge in [-0.05, 0) is 12.5 Å². The molecule has 1 saturated heterocycles. The summed E-state index contributed by atoms with van der Waals surface area (Å²) < 4.78 is 5.86. The third kappa shape index (κ3) is 2.02. The maximum absolute atomic E-state index is 5.86. The average molecular weight is 254 g/mol. The van der Waals surface area contributed by atoms with Crippen molar-refractivity contribution in [1.29, 1.82) is 0 Å². The molecule has 0 saturated carbocycles. The molecule has 0 aromatic heterocycles. The van der Waals surface area contributed by atoms with Crippen LogP contribution >= 0.6 is 0 Å². The lowest BCUT2D eigenvalue weighted by atomic mass is 10.4. The molecule has 0 N–H and O–H groups in total. The van der Waals surface area contributed by atoms with Gasteiger partial charge in [-0.3, -0.25) is 0 Å². The van der Waals surface area contributed by atoms with E-state index in [2.05, 4.69) is 60.7 Å². The number of ether oxygens (including phenoxy) is 1. The van der Waals surface area contributed by atoms with Gasteiger partial charge in [0.2, 0.25) is 0 Å². The number of benzene rings is 2. The van der Waals surface area contributed by atoms with Gasteiger partial charge >= 0.3 is 0 Å². The molecule has 0 amide bonds. The van der Waals surface area contributed by atoms with E-state index in [0.717, 1.165) is 12.8 Å². The van der Waals surface area contributed by atoms with Crippen LogP contribution in [0.15, 0.2) is 60.7 Å². The monoisotopic (exact) mass is 254 g/mol. The SMILES string of the molecule is c1ccc([Si]2(c3ccccc3)CCCOC2)cc1. The second-order valence-electron chi connectivity index (χ2n) is 4.97. The summed E-state index contributed by atoms with van der Waals surface area (Å²) in [6.45, 7) is 0.925. The Kier molecular flexibility index (Phi) is 3.30. The number of hydrogen-bond acceptors (Lipinski definition) is 1. The van der Waals surface area contributed by atoms with Gasteiger partial charge in [0.1, 0.15) is 8.07 Å². The highest BCUT2D eigenvalue weighted by molar-refractivity contribution is 7.02. The zero-order chi connectivity index (χ0) is 12.3. The van der Waals surface area contributed by atoms with Gasteiger partial charge in [-0.1, -0.05) is 71.0 Å². The maximum atomic E-state index is 5.86. The fraction of sp³-hybridized carbons (Fsp3) is 0.250. The Morgan fingerprint density at radius 2 is 1.33 bits per heavy atom. The van der Waals surface area contributed by atoms with Gasteiger partial charge in [-0.2, -0.15) is 0 Å². The normalized spacial score (nSPS) is 18.4. The lowest BCUT2D eigenvalue weighted by molar-refractivity contribution is 0.162. The topological polar surface area (TPSA) is 9.23 Å². The van der Waals surface area contributed by atoms with Gasteiger partial charge in [0.15, 0.2) is 0 Å². The van der Waals surface area contributed by atoms with Crippen LogP contribution in [0, 0.1) is 0 Å². The van der Waals surface area contributed by atoms with Crippen LogP contribution in [0.3, 0.4) is 0 Å². The zero-order valence-electron chi connectivity index (χ0n) is 10.5. The van der Waals surface area contributed by atoms with E-state index >= 15 is 0 Å². The van der Waals surface area contributed by atoms with Crippen LogP contribution in [0.5, 0.6) is 0 Å². The van der Waals surface area contributed by atoms with Gasteiger partial charge in [0.25, 0.3) is 0 Å². The summed E-state index contributed by atoms with van der Waals surface area (Å²) in [5.41, 5.74) is 0. The first-order valence-corrected chi connectivity index (χ1v) is 9.02. The molecule has 0 spiro atoms. The van der Waals surface area contributed by atoms with Gasteiger partial charge in [-0.15, -0.1) is 0 Å². The summed E-state index contributed by atoms with van der Waals surface area (Å²) in [7, 11) is -1.66. The number of rotatable bonds is 2. The minimum absolute atomic E-state index is 0.925. The van der Waals surface area contributed by atoms with Gasteiger partial charge < -0.3 is 4.74 Å². The van der Waals surface area contributed by atoms with Crippen molar-refractivity contribution in [3.8, 4) is 0 Å². The van der Waals surface area contributed by atoms with Gasteiger partial charge in [0.05, 0.1) is 0 Å². The Morgan fingerprint density at radius 1 is 0.778 bits per heavy atom. The molecule has 0 aliphatic carbocycles. The molecule has 1 heterocycles. The highest BCUT2D eigenvalue weighted by atomic mass is 28.3. The summed E-state index contributed by atoms with van der Waals surface area (Å²) in [5.74, 6) is 0. The van der Waals surface area contributed by atoms with Crippen molar-refractivity contribution >= 4 is 18.4 Å². The second-order valence-corrected chi connectivity index (χ2v) is 9.08. The molecule has 1 aliphatic heterocycles. The summed E-state index contributed by atoms with van der Waals surface area (Å²) in [6, 6.07) is 23.3. The Morgan fingerprint density at radius 3 is 1.78 bits per heavy atom. The van der Waals surface area contributed by atoms with E-state index in [-0.39, 0.29) is 0 Å². The number of hydrogen-bond donors (Lipinski definition) is 0. The molecule has 0 atom stereocenters. The van der Waals surface area contributed by atoms with E-state index in [0.29, 0.717) is 0 Å². The molecule has 1 nitrogen and oxygen atoms in total. The Bertz CT molecular complexity index is 448. The zero-order valence-corrected chi connectivity index (χ0v) is 11.5. The van der Waals surface area contributed by atoms with Crippen LogP contribution in [-0.4, -0.2) is 20.9 Å². The van der Waals surface area contributed by atoms with Crippen molar-refractivity contribution in [3.63, 3.8) is 0 Å². The fourth-order valence-corrected chi connectivity index (χ4v) is 7.22. The third-order valence-corrected chi connectivity index (χ3v) is 8.67. The second kappa shape index (κ2) is 5.08. The predicted octanol–water partition coefficient (Wildman–Crippen LogP) is 2.21. The van der Waals surface area contributed by atoms with Gasteiger partial charge in [0, 0.05) is 12.8 Å². The molecule has 1 fully saturated rings. The summed E-state index contributed by atoms with van der Waals surface area (Å²) in [6.07, 6.45) is 2.12. The summed E-state index contributed by atoms with van der Waals surface area (Å²) >= 11 is 0. The lowest BCUT2D eigenvalue weighted by Gasteiger charge is -2.36. The van der Waals surface area contributed by atoms with E-state index in [4.69, 9.17) is 4.74 Å². The third-order valence-electron chi connectivity index (χ3n) is 3.89. The van der Waals surface area contributed by atoms with E-state index in [1.54, 1.807) is 0 Å². The van der Waals surface area contributed by atoms with Crippen LogP contribution in [0.4, 0.5) is 0 Å². The minimum atomic E-state index is -1.66. The molecule has 0 bridgehead atoms. The molecule has 2 aromatic carbocycles. The Hall–Kier alpha value is -1.38. The molecule has 3 rings (SSSR count). The minimum Gasteiger partial charge on any atom is -0.384 e. The lowest BCUT2D eigenvalue weighted by Crippen LogP contribution is -2.63. The summed E-state index contributed by atoms with van der Waals surface area (Å²) in [4.78, 5) is 0. The average Bonchev–Trinajstić information content (AvgIpc) is 2.50. The van der Waals surface area contributed by atoms with Crippen LogP contribution in [0.2, 0.25) is 6.04 Å². The van der Waals surface area contributed by atoms with Crippen molar-refractivity contribution < 1.29 is 4.74 Å². The molecule has 2 heteroatoms. The molecule has 18 heavy (non-hydrogen) atoms. The molecular formula is C16H18OSi. The maximum Gasteiger partial charge on any atom is 0.145 e.